The maximum Gasteiger partial charge on any atom is 0.284 e. The highest BCUT2D eigenvalue weighted by molar-refractivity contribution is 5.93. The molecule has 1 fully saturated rings. The summed E-state index contributed by atoms with van der Waals surface area (Å²) in [6.07, 6.45) is 3.52. The van der Waals surface area contributed by atoms with Crippen LogP contribution in [0.1, 0.15) is 29.4 Å². The van der Waals surface area contributed by atoms with E-state index in [0.29, 0.717) is 11.2 Å². The predicted octanol–water partition coefficient (Wildman–Crippen LogP) is 0.486. The molecular weight excluding hydrogens is 232 g/mol. The zero-order valence-electron chi connectivity index (χ0n) is 9.88. The smallest absolute Gasteiger partial charge is 0.284 e. The molecule has 92 valence electrons. The van der Waals surface area contributed by atoms with Crippen LogP contribution < -0.4 is 10.9 Å². The van der Waals surface area contributed by atoms with Gasteiger partial charge in [-0.15, -0.1) is 0 Å². The van der Waals surface area contributed by atoms with E-state index in [1.54, 1.807) is 22.9 Å². The van der Waals surface area contributed by atoms with Crippen molar-refractivity contribution >= 4 is 17.1 Å². The molecule has 0 unspecified atom stereocenters. The Hall–Kier alpha value is -2.24. The van der Waals surface area contributed by atoms with Gasteiger partial charge in [-0.05, 0) is 25.0 Å². The van der Waals surface area contributed by atoms with E-state index in [1.165, 1.54) is 7.05 Å². The van der Waals surface area contributed by atoms with Crippen LogP contribution in [0.15, 0.2) is 23.1 Å². The second-order valence-electron chi connectivity index (χ2n) is 4.29. The van der Waals surface area contributed by atoms with Crippen molar-refractivity contribution in [1.82, 2.24) is 19.9 Å². The summed E-state index contributed by atoms with van der Waals surface area (Å²) in [6, 6.07) is 3.65. The molecule has 6 heteroatoms. The van der Waals surface area contributed by atoms with Crippen LogP contribution in [0.2, 0.25) is 0 Å². The number of pyridine rings is 1. The number of hydrogen-bond acceptors (Lipinski definition) is 4. The van der Waals surface area contributed by atoms with Crippen molar-refractivity contribution in [2.24, 2.45) is 0 Å². The Labute approximate surface area is 103 Å². The topological polar surface area (TPSA) is 76.9 Å². The van der Waals surface area contributed by atoms with Gasteiger partial charge in [0.25, 0.3) is 11.5 Å². The van der Waals surface area contributed by atoms with Crippen LogP contribution in [0, 0.1) is 0 Å². The van der Waals surface area contributed by atoms with Gasteiger partial charge in [-0.1, -0.05) is 0 Å². The highest BCUT2D eigenvalue weighted by Gasteiger charge is 2.29. The minimum absolute atomic E-state index is 0.0649. The van der Waals surface area contributed by atoms with Gasteiger partial charge in [0.2, 0.25) is 0 Å². The lowest BCUT2D eigenvalue weighted by molar-refractivity contribution is 0.0956. The molecule has 6 nitrogen and oxygen atoms in total. The average molecular weight is 244 g/mol. The van der Waals surface area contributed by atoms with E-state index in [4.69, 9.17) is 0 Å². The highest BCUT2D eigenvalue weighted by Crippen LogP contribution is 2.35. The first-order chi connectivity index (χ1) is 8.72. The van der Waals surface area contributed by atoms with E-state index in [2.05, 4.69) is 15.3 Å². The Morgan fingerprint density at radius 3 is 2.94 bits per heavy atom. The first-order valence-electron chi connectivity index (χ1n) is 5.81. The summed E-state index contributed by atoms with van der Waals surface area (Å²) < 4.78 is 1.59. The van der Waals surface area contributed by atoms with Crippen molar-refractivity contribution in [3.05, 3.63) is 34.4 Å². The minimum atomic E-state index is -0.458. The van der Waals surface area contributed by atoms with E-state index in [-0.39, 0.29) is 17.3 Å². The van der Waals surface area contributed by atoms with Crippen molar-refractivity contribution in [1.29, 1.82) is 0 Å². The molecule has 1 aliphatic rings. The quantitative estimate of drug-likeness (QED) is 0.833. The molecule has 0 radical (unpaired) electrons. The molecule has 0 aliphatic heterocycles. The van der Waals surface area contributed by atoms with Gasteiger partial charge in [-0.2, -0.15) is 0 Å². The summed E-state index contributed by atoms with van der Waals surface area (Å²) in [7, 11) is 1.48. The summed E-state index contributed by atoms with van der Waals surface area (Å²) in [5.41, 5.74) is 0.702. The number of nitrogens with one attached hydrogen (secondary N) is 1. The number of nitrogens with zero attached hydrogens (tertiary/aromatic N) is 3. The first-order valence-corrected chi connectivity index (χ1v) is 5.81. The molecule has 2 aromatic rings. The molecule has 2 heterocycles. The molecule has 2 aromatic heterocycles. The fourth-order valence-corrected chi connectivity index (χ4v) is 1.98. The van der Waals surface area contributed by atoms with Gasteiger partial charge in [0, 0.05) is 19.3 Å². The third-order valence-electron chi connectivity index (χ3n) is 3.00. The highest BCUT2D eigenvalue weighted by atomic mass is 16.2. The second-order valence-corrected chi connectivity index (χ2v) is 4.29. The zero-order chi connectivity index (χ0) is 12.7. The maximum absolute atomic E-state index is 12.3. The number of fused-ring (bicyclic) bond motifs is 1. The molecule has 1 amide bonds. The van der Waals surface area contributed by atoms with Crippen LogP contribution >= 0.6 is 0 Å². The van der Waals surface area contributed by atoms with E-state index < -0.39 is 5.91 Å². The largest absolute Gasteiger partial charge is 0.354 e. The summed E-state index contributed by atoms with van der Waals surface area (Å²) >= 11 is 0. The van der Waals surface area contributed by atoms with Crippen LogP contribution in [-0.2, 0) is 0 Å². The van der Waals surface area contributed by atoms with Crippen LogP contribution in [0.5, 0.6) is 0 Å². The van der Waals surface area contributed by atoms with E-state index in [1.807, 2.05) is 0 Å². The second kappa shape index (κ2) is 3.90. The SMILES string of the molecule is CNC(=O)c1nc2cccnc2n(C2CC2)c1=O. The van der Waals surface area contributed by atoms with Crippen molar-refractivity contribution < 1.29 is 4.79 Å². The third-order valence-corrected chi connectivity index (χ3v) is 3.00. The maximum atomic E-state index is 12.3. The van der Waals surface area contributed by atoms with Gasteiger partial charge in [-0.25, -0.2) is 9.97 Å². The van der Waals surface area contributed by atoms with Gasteiger partial charge in [-0.3, -0.25) is 14.2 Å². The van der Waals surface area contributed by atoms with Crippen LogP contribution in [0.3, 0.4) is 0 Å². The lowest BCUT2D eigenvalue weighted by Crippen LogP contribution is -2.33. The number of rotatable bonds is 2. The lowest BCUT2D eigenvalue weighted by Gasteiger charge is -2.09. The lowest BCUT2D eigenvalue weighted by atomic mass is 10.3. The molecule has 0 atom stereocenters. The number of aromatic nitrogens is 3. The van der Waals surface area contributed by atoms with Crippen molar-refractivity contribution in [2.45, 2.75) is 18.9 Å². The van der Waals surface area contributed by atoms with Crippen molar-refractivity contribution in [3.8, 4) is 0 Å². The molecule has 1 N–H and O–H groups in total. The molecule has 0 bridgehead atoms. The molecule has 0 spiro atoms. The van der Waals surface area contributed by atoms with E-state index in [9.17, 15) is 9.59 Å². The Kier molecular flexibility index (Phi) is 2.36. The number of carbonyl (C=O) groups excluding carboxylic acids is 1. The molecule has 3 rings (SSSR count). The van der Waals surface area contributed by atoms with Gasteiger partial charge in [0.1, 0.15) is 5.52 Å². The summed E-state index contributed by atoms with van der Waals surface area (Å²) in [5, 5.41) is 2.44. The summed E-state index contributed by atoms with van der Waals surface area (Å²) in [6.45, 7) is 0. The van der Waals surface area contributed by atoms with Crippen LogP contribution in [0.4, 0.5) is 0 Å². The van der Waals surface area contributed by atoms with Crippen LogP contribution in [0.25, 0.3) is 11.2 Å². The number of carbonyl (C=O) groups is 1. The standard InChI is InChI=1S/C12H12N4O2/c1-13-11(17)9-12(18)16(7-4-5-7)10-8(15-9)3-2-6-14-10/h2-3,6-7H,4-5H2,1H3,(H,13,17). The van der Waals surface area contributed by atoms with Crippen molar-refractivity contribution in [2.75, 3.05) is 7.05 Å². The number of amides is 1. The summed E-state index contributed by atoms with van der Waals surface area (Å²) in [4.78, 5) is 32.2. The monoisotopic (exact) mass is 244 g/mol. The molecular formula is C12H12N4O2. The van der Waals surface area contributed by atoms with Gasteiger partial charge < -0.3 is 5.32 Å². The Bertz CT molecular complexity index is 688. The molecule has 18 heavy (non-hydrogen) atoms. The Morgan fingerprint density at radius 2 is 2.28 bits per heavy atom. The summed E-state index contributed by atoms with van der Waals surface area (Å²) in [5.74, 6) is -0.458. The number of hydrogen-bond donors (Lipinski definition) is 1. The van der Waals surface area contributed by atoms with Gasteiger partial charge in [0.15, 0.2) is 11.3 Å². The van der Waals surface area contributed by atoms with E-state index in [0.717, 1.165) is 12.8 Å². The first kappa shape index (κ1) is 10.9. The predicted molar refractivity (Wildman–Crippen MR) is 65.5 cm³/mol. The van der Waals surface area contributed by atoms with Gasteiger partial charge in [0.05, 0.1) is 0 Å². The normalized spacial score (nSPS) is 14.7. The molecule has 1 saturated carbocycles. The minimum Gasteiger partial charge on any atom is -0.354 e. The van der Waals surface area contributed by atoms with E-state index >= 15 is 0 Å². The third kappa shape index (κ3) is 1.57. The fraction of sp³-hybridized carbons (Fsp3) is 0.333. The van der Waals surface area contributed by atoms with Crippen LogP contribution in [-0.4, -0.2) is 27.5 Å². The Balaban J connectivity index is 2.36. The molecule has 0 saturated heterocycles. The van der Waals surface area contributed by atoms with Crippen molar-refractivity contribution in [3.63, 3.8) is 0 Å². The molecule has 0 aromatic carbocycles. The fourth-order valence-electron chi connectivity index (χ4n) is 1.98. The zero-order valence-corrected chi connectivity index (χ0v) is 9.88. The molecule has 1 aliphatic carbocycles. The van der Waals surface area contributed by atoms with Gasteiger partial charge >= 0.3 is 0 Å². The average Bonchev–Trinajstić information content (AvgIpc) is 3.21. The Morgan fingerprint density at radius 1 is 1.50 bits per heavy atom.